The van der Waals surface area contributed by atoms with E-state index in [1.54, 1.807) is 6.20 Å². The molecule has 1 aromatic carbocycles. The van der Waals surface area contributed by atoms with Crippen LogP contribution in [-0.4, -0.2) is 34.3 Å². The Kier molecular flexibility index (Phi) is 4.96. The summed E-state index contributed by atoms with van der Waals surface area (Å²) in [6.45, 7) is 4.71. The van der Waals surface area contributed by atoms with Crippen LogP contribution >= 0.6 is 11.6 Å². The number of rotatable bonds is 5. The van der Waals surface area contributed by atoms with Gasteiger partial charge in [0, 0.05) is 30.0 Å². The van der Waals surface area contributed by atoms with Gasteiger partial charge < -0.3 is 4.90 Å². The van der Waals surface area contributed by atoms with E-state index in [-0.39, 0.29) is 11.9 Å². The minimum Gasteiger partial charge on any atom is -0.336 e. The molecule has 2 rings (SSSR count). The van der Waals surface area contributed by atoms with Gasteiger partial charge in [-0.05, 0) is 32.4 Å². The number of pyridine rings is 1. The Labute approximate surface area is 124 Å². The van der Waals surface area contributed by atoms with E-state index in [1.165, 1.54) is 0 Å². The molecular weight excluding hydrogens is 272 g/mol. The Morgan fingerprint density at radius 3 is 2.75 bits per heavy atom. The highest BCUT2D eigenvalue weighted by atomic mass is 35.5. The molecule has 0 aliphatic rings. The molecule has 0 atom stereocenters. The molecule has 0 radical (unpaired) electrons. The van der Waals surface area contributed by atoms with Crippen molar-refractivity contribution in [2.45, 2.75) is 26.3 Å². The summed E-state index contributed by atoms with van der Waals surface area (Å²) < 4.78 is 0. The molecule has 0 aliphatic carbocycles. The average molecular weight is 291 g/mol. The van der Waals surface area contributed by atoms with Crippen LogP contribution in [0.1, 0.15) is 30.6 Å². The molecule has 106 valence electrons. The van der Waals surface area contributed by atoms with Crippen LogP contribution in [0.15, 0.2) is 36.5 Å². The zero-order valence-corrected chi connectivity index (χ0v) is 12.6. The van der Waals surface area contributed by atoms with Crippen LogP contribution < -0.4 is 0 Å². The molecule has 0 unspecified atom stereocenters. The van der Waals surface area contributed by atoms with Crippen molar-refractivity contribution in [3.63, 3.8) is 0 Å². The van der Waals surface area contributed by atoms with Gasteiger partial charge in [0.25, 0.3) is 5.91 Å². The van der Waals surface area contributed by atoms with Crippen molar-refractivity contribution in [3.05, 3.63) is 42.1 Å². The molecule has 2 aromatic rings. The first-order valence-electron chi connectivity index (χ1n) is 6.86. The summed E-state index contributed by atoms with van der Waals surface area (Å²) in [6, 6.07) is 9.70. The zero-order chi connectivity index (χ0) is 14.5. The van der Waals surface area contributed by atoms with Crippen molar-refractivity contribution < 1.29 is 4.79 Å². The van der Waals surface area contributed by atoms with E-state index in [9.17, 15) is 4.79 Å². The lowest BCUT2D eigenvalue weighted by Gasteiger charge is -2.27. The Balaban J connectivity index is 2.38. The summed E-state index contributed by atoms with van der Waals surface area (Å²) >= 11 is 5.75. The first-order valence-corrected chi connectivity index (χ1v) is 7.39. The lowest BCUT2D eigenvalue weighted by Crippen LogP contribution is -2.38. The summed E-state index contributed by atoms with van der Waals surface area (Å²) in [5, 5.41) is 0.986. The zero-order valence-electron chi connectivity index (χ0n) is 11.8. The fraction of sp³-hybridized carbons (Fsp3) is 0.375. The minimum atomic E-state index is 0.0226. The van der Waals surface area contributed by atoms with E-state index in [0.29, 0.717) is 18.0 Å². The van der Waals surface area contributed by atoms with Gasteiger partial charge in [0.15, 0.2) is 0 Å². The number of carbonyl (C=O) groups is 1. The Morgan fingerprint density at radius 1 is 1.30 bits per heavy atom. The molecule has 3 nitrogen and oxygen atoms in total. The average Bonchev–Trinajstić information content (AvgIpc) is 2.46. The number of alkyl halides is 1. The number of fused-ring (bicyclic) bond motifs is 1. The van der Waals surface area contributed by atoms with E-state index in [0.717, 1.165) is 17.3 Å². The molecule has 0 N–H and O–H groups in total. The molecule has 0 saturated heterocycles. The molecular formula is C16H19ClN2O. The number of amides is 1. The molecule has 0 bridgehead atoms. The van der Waals surface area contributed by atoms with Gasteiger partial charge in [-0.15, -0.1) is 11.6 Å². The topological polar surface area (TPSA) is 33.2 Å². The first kappa shape index (κ1) is 14.8. The molecule has 1 amide bonds. The van der Waals surface area contributed by atoms with E-state index < -0.39 is 0 Å². The van der Waals surface area contributed by atoms with Gasteiger partial charge >= 0.3 is 0 Å². The molecule has 1 heterocycles. The Hall–Kier alpha value is -1.61. The standard InChI is InChI=1S/C16H19ClN2O/c1-12(2)19(11-5-9-17)16(20)14-8-3-6-13-7-4-10-18-15(13)14/h3-4,6-8,10,12H,5,9,11H2,1-2H3. The third kappa shape index (κ3) is 3.10. The van der Waals surface area contributed by atoms with E-state index >= 15 is 0 Å². The molecule has 4 heteroatoms. The predicted octanol–water partition coefficient (Wildman–Crippen LogP) is 3.71. The molecule has 1 aromatic heterocycles. The summed E-state index contributed by atoms with van der Waals surface area (Å²) in [7, 11) is 0. The van der Waals surface area contributed by atoms with Crippen LogP contribution in [-0.2, 0) is 0 Å². The maximum absolute atomic E-state index is 12.7. The van der Waals surface area contributed by atoms with Gasteiger partial charge in [0.1, 0.15) is 0 Å². The molecule has 0 fully saturated rings. The third-order valence-corrected chi connectivity index (χ3v) is 3.55. The number of carbonyl (C=O) groups excluding carboxylic acids is 1. The van der Waals surface area contributed by atoms with Crippen molar-refractivity contribution in [3.8, 4) is 0 Å². The van der Waals surface area contributed by atoms with Crippen LogP contribution in [0.2, 0.25) is 0 Å². The van der Waals surface area contributed by atoms with Gasteiger partial charge in [0.2, 0.25) is 0 Å². The molecule has 20 heavy (non-hydrogen) atoms. The predicted molar refractivity (Wildman–Crippen MR) is 83.3 cm³/mol. The number of nitrogens with zero attached hydrogens (tertiary/aromatic N) is 2. The van der Waals surface area contributed by atoms with Crippen LogP contribution in [0.5, 0.6) is 0 Å². The van der Waals surface area contributed by atoms with Gasteiger partial charge in [-0.3, -0.25) is 9.78 Å². The highest BCUT2D eigenvalue weighted by Gasteiger charge is 2.20. The van der Waals surface area contributed by atoms with Gasteiger partial charge in [-0.25, -0.2) is 0 Å². The highest BCUT2D eigenvalue weighted by Crippen LogP contribution is 2.19. The van der Waals surface area contributed by atoms with E-state index in [4.69, 9.17) is 11.6 Å². The SMILES string of the molecule is CC(C)N(CCCCl)C(=O)c1cccc2cccnc12. The Morgan fingerprint density at radius 2 is 2.05 bits per heavy atom. The summed E-state index contributed by atoms with van der Waals surface area (Å²) in [5.41, 5.74) is 1.42. The van der Waals surface area contributed by atoms with Crippen LogP contribution in [0.4, 0.5) is 0 Å². The quantitative estimate of drug-likeness (QED) is 0.787. The second-order valence-electron chi connectivity index (χ2n) is 5.02. The van der Waals surface area contributed by atoms with E-state index in [2.05, 4.69) is 4.98 Å². The number of benzene rings is 1. The number of hydrogen-bond acceptors (Lipinski definition) is 2. The third-order valence-electron chi connectivity index (χ3n) is 3.28. The summed E-state index contributed by atoms with van der Waals surface area (Å²) in [6.07, 6.45) is 2.52. The molecule has 0 saturated carbocycles. The largest absolute Gasteiger partial charge is 0.336 e. The maximum atomic E-state index is 12.7. The summed E-state index contributed by atoms with van der Waals surface area (Å²) in [4.78, 5) is 19.0. The lowest BCUT2D eigenvalue weighted by molar-refractivity contribution is 0.0708. The summed E-state index contributed by atoms with van der Waals surface area (Å²) in [5.74, 6) is 0.582. The monoisotopic (exact) mass is 290 g/mol. The first-order chi connectivity index (χ1) is 9.65. The van der Waals surface area contributed by atoms with Crippen molar-refractivity contribution in [2.24, 2.45) is 0 Å². The van der Waals surface area contributed by atoms with Gasteiger partial charge in [-0.2, -0.15) is 0 Å². The smallest absolute Gasteiger partial charge is 0.256 e. The number of para-hydroxylation sites is 1. The second-order valence-corrected chi connectivity index (χ2v) is 5.39. The van der Waals surface area contributed by atoms with Gasteiger partial charge in [-0.1, -0.05) is 18.2 Å². The molecule has 0 aliphatic heterocycles. The van der Waals surface area contributed by atoms with E-state index in [1.807, 2.05) is 49.1 Å². The highest BCUT2D eigenvalue weighted by molar-refractivity contribution is 6.17. The van der Waals surface area contributed by atoms with Crippen molar-refractivity contribution in [1.29, 1.82) is 0 Å². The van der Waals surface area contributed by atoms with Gasteiger partial charge in [0.05, 0.1) is 11.1 Å². The normalized spacial score (nSPS) is 11.0. The Bertz CT molecular complexity index is 593. The fourth-order valence-electron chi connectivity index (χ4n) is 2.26. The van der Waals surface area contributed by atoms with Crippen LogP contribution in [0.3, 0.4) is 0 Å². The van der Waals surface area contributed by atoms with Crippen LogP contribution in [0.25, 0.3) is 10.9 Å². The maximum Gasteiger partial charge on any atom is 0.256 e. The molecule has 0 spiro atoms. The second kappa shape index (κ2) is 6.71. The van der Waals surface area contributed by atoms with Crippen molar-refractivity contribution >= 4 is 28.4 Å². The number of halogens is 1. The van der Waals surface area contributed by atoms with Crippen molar-refractivity contribution in [1.82, 2.24) is 9.88 Å². The van der Waals surface area contributed by atoms with Crippen molar-refractivity contribution in [2.75, 3.05) is 12.4 Å². The lowest BCUT2D eigenvalue weighted by atomic mass is 10.1. The number of aromatic nitrogens is 1. The minimum absolute atomic E-state index is 0.0226. The fourth-order valence-corrected chi connectivity index (χ4v) is 2.38. The number of hydrogen-bond donors (Lipinski definition) is 0. The van der Waals surface area contributed by atoms with Crippen LogP contribution in [0, 0.1) is 0 Å².